The lowest BCUT2D eigenvalue weighted by Crippen LogP contribution is -2.32. The van der Waals surface area contributed by atoms with Crippen LogP contribution < -0.4 is 5.73 Å². The molecule has 0 spiro atoms. The molecule has 2 heterocycles. The molecule has 1 aromatic heterocycles. The molecule has 82 valence electrons. The summed E-state index contributed by atoms with van der Waals surface area (Å²) in [7, 11) is 1.76. The molecule has 2 rings (SSSR count). The molecule has 2 N–H and O–H groups in total. The number of amides is 1. The maximum absolute atomic E-state index is 11.5. The van der Waals surface area contributed by atoms with Crippen molar-refractivity contribution in [2.75, 3.05) is 7.05 Å². The molecule has 0 saturated carbocycles. The van der Waals surface area contributed by atoms with E-state index in [1.165, 1.54) is 6.33 Å². The third kappa shape index (κ3) is 1.50. The highest BCUT2D eigenvalue weighted by Crippen LogP contribution is 2.28. The summed E-state index contributed by atoms with van der Waals surface area (Å²) in [4.78, 5) is 17.3. The highest BCUT2D eigenvalue weighted by molar-refractivity contribution is 5.79. The van der Waals surface area contributed by atoms with Gasteiger partial charge in [-0.25, -0.2) is 9.67 Å². The summed E-state index contributed by atoms with van der Waals surface area (Å²) in [6.07, 6.45) is 1.89. The lowest BCUT2D eigenvalue weighted by atomic mass is 10.1. The van der Waals surface area contributed by atoms with Crippen LogP contribution in [-0.2, 0) is 11.3 Å². The molecule has 6 nitrogen and oxygen atoms in total. The first-order valence-electron chi connectivity index (χ1n) is 5.04. The number of likely N-dealkylation sites (tertiary alicyclic amines) is 1. The Hall–Kier alpha value is -1.43. The third-order valence-electron chi connectivity index (χ3n) is 2.84. The number of aryl methyl sites for hydroxylation is 1. The summed E-state index contributed by atoms with van der Waals surface area (Å²) >= 11 is 0. The van der Waals surface area contributed by atoms with Gasteiger partial charge in [0, 0.05) is 26.1 Å². The molecule has 6 heteroatoms. The average Bonchev–Trinajstić information content (AvgIpc) is 2.73. The molecule has 1 aliphatic rings. The van der Waals surface area contributed by atoms with Crippen LogP contribution in [0.4, 0.5) is 0 Å². The Morgan fingerprint density at radius 1 is 1.67 bits per heavy atom. The van der Waals surface area contributed by atoms with Gasteiger partial charge in [0.15, 0.2) is 5.82 Å². The number of aromatic nitrogens is 3. The summed E-state index contributed by atoms with van der Waals surface area (Å²) < 4.78 is 1.78. The first-order valence-corrected chi connectivity index (χ1v) is 5.04. The zero-order valence-electron chi connectivity index (χ0n) is 8.92. The van der Waals surface area contributed by atoms with Gasteiger partial charge >= 0.3 is 0 Å². The largest absolute Gasteiger partial charge is 0.334 e. The van der Waals surface area contributed by atoms with Gasteiger partial charge in [-0.3, -0.25) is 4.79 Å². The van der Waals surface area contributed by atoms with E-state index in [4.69, 9.17) is 5.73 Å². The molecule has 0 radical (unpaired) electrons. The SMILES string of the molecule is CCn1ncnc1[C@@H]1[C@@H](N)CC(=O)N1C. The van der Waals surface area contributed by atoms with Crippen molar-refractivity contribution in [3.63, 3.8) is 0 Å². The Balaban J connectivity index is 2.34. The van der Waals surface area contributed by atoms with Crippen LogP contribution in [0.5, 0.6) is 0 Å². The molecule has 1 saturated heterocycles. The first-order chi connectivity index (χ1) is 7.15. The highest BCUT2D eigenvalue weighted by atomic mass is 16.2. The summed E-state index contributed by atoms with van der Waals surface area (Å²) in [6.45, 7) is 2.72. The van der Waals surface area contributed by atoms with Crippen molar-refractivity contribution in [2.24, 2.45) is 5.73 Å². The minimum atomic E-state index is -0.183. The Labute approximate surface area is 88.1 Å². The van der Waals surface area contributed by atoms with Crippen LogP contribution in [0.3, 0.4) is 0 Å². The molecule has 1 aliphatic heterocycles. The normalized spacial score (nSPS) is 26.3. The Bertz CT molecular complexity index is 374. The number of hydrogen-bond donors (Lipinski definition) is 1. The van der Waals surface area contributed by atoms with E-state index in [9.17, 15) is 4.79 Å². The number of likely N-dealkylation sites (N-methyl/N-ethyl adjacent to an activating group) is 1. The molecule has 2 atom stereocenters. The number of carbonyl (C=O) groups excluding carboxylic acids is 1. The molecule has 0 bridgehead atoms. The lowest BCUT2D eigenvalue weighted by Gasteiger charge is -2.21. The molecular weight excluding hydrogens is 194 g/mol. The average molecular weight is 209 g/mol. The summed E-state index contributed by atoms with van der Waals surface area (Å²) in [5.74, 6) is 0.844. The third-order valence-corrected chi connectivity index (χ3v) is 2.84. The maximum atomic E-state index is 11.5. The standard InChI is InChI=1S/C9H15N5O/c1-3-14-9(11-5-12-14)8-6(10)4-7(15)13(8)2/h5-6,8H,3-4,10H2,1-2H3/t6-,8-/m0/s1. The van der Waals surface area contributed by atoms with Crippen molar-refractivity contribution in [1.29, 1.82) is 0 Å². The fraction of sp³-hybridized carbons (Fsp3) is 0.667. The van der Waals surface area contributed by atoms with E-state index in [-0.39, 0.29) is 18.0 Å². The van der Waals surface area contributed by atoms with E-state index in [1.54, 1.807) is 16.6 Å². The van der Waals surface area contributed by atoms with Crippen LogP contribution >= 0.6 is 0 Å². The summed E-state index contributed by atoms with van der Waals surface area (Å²) in [6, 6.07) is -0.322. The Morgan fingerprint density at radius 2 is 2.40 bits per heavy atom. The smallest absolute Gasteiger partial charge is 0.224 e. The van der Waals surface area contributed by atoms with Gasteiger partial charge in [0.05, 0.1) is 0 Å². The van der Waals surface area contributed by atoms with Crippen LogP contribution in [0.1, 0.15) is 25.2 Å². The van der Waals surface area contributed by atoms with Crippen LogP contribution in [0.2, 0.25) is 0 Å². The van der Waals surface area contributed by atoms with Crippen LogP contribution in [0, 0.1) is 0 Å². The van der Waals surface area contributed by atoms with Gasteiger partial charge in [0.25, 0.3) is 0 Å². The van der Waals surface area contributed by atoms with Crippen LogP contribution in [-0.4, -0.2) is 38.7 Å². The summed E-state index contributed by atoms with van der Waals surface area (Å²) in [5, 5.41) is 4.09. The molecular formula is C9H15N5O. The van der Waals surface area contributed by atoms with Crippen molar-refractivity contribution in [2.45, 2.75) is 32.0 Å². The molecule has 1 fully saturated rings. The molecule has 15 heavy (non-hydrogen) atoms. The zero-order chi connectivity index (χ0) is 11.0. The van der Waals surface area contributed by atoms with Gasteiger partial charge in [-0.2, -0.15) is 5.10 Å². The van der Waals surface area contributed by atoms with E-state index >= 15 is 0 Å². The van der Waals surface area contributed by atoms with Gasteiger partial charge < -0.3 is 10.6 Å². The second kappa shape index (κ2) is 3.62. The van der Waals surface area contributed by atoms with Crippen LogP contribution in [0.15, 0.2) is 6.33 Å². The fourth-order valence-electron chi connectivity index (χ4n) is 2.01. The van der Waals surface area contributed by atoms with Crippen molar-refractivity contribution in [3.8, 4) is 0 Å². The molecule has 1 aromatic rings. The van der Waals surface area contributed by atoms with Crippen molar-refractivity contribution < 1.29 is 4.79 Å². The van der Waals surface area contributed by atoms with Gasteiger partial charge in [-0.15, -0.1) is 0 Å². The van der Waals surface area contributed by atoms with E-state index in [0.717, 1.165) is 12.4 Å². The number of carbonyl (C=O) groups is 1. The van der Waals surface area contributed by atoms with E-state index < -0.39 is 0 Å². The number of nitrogens with zero attached hydrogens (tertiary/aromatic N) is 4. The van der Waals surface area contributed by atoms with Gasteiger partial charge in [0.2, 0.25) is 5.91 Å². The number of nitrogens with two attached hydrogens (primary N) is 1. The van der Waals surface area contributed by atoms with Crippen LogP contribution in [0.25, 0.3) is 0 Å². The minimum Gasteiger partial charge on any atom is -0.334 e. The molecule has 0 aromatic carbocycles. The monoisotopic (exact) mass is 209 g/mol. The van der Waals surface area contributed by atoms with Crippen molar-refractivity contribution in [1.82, 2.24) is 19.7 Å². The Kier molecular flexibility index (Phi) is 2.44. The highest BCUT2D eigenvalue weighted by Gasteiger charge is 2.38. The van der Waals surface area contributed by atoms with E-state index in [2.05, 4.69) is 10.1 Å². The van der Waals surface area contributed by atoms with Crippen molar-refractivity contribution in [3.05, 3.63) is 12.2 Å². The number of rotatable bonds is 2. The molecule has 0 aliphatic carbocycles. The van der Waals surface area contributed by atoms with Gasteiger partial charge in [-0.05, 0) is 6.92 Å². The lowest BCUT2D eigenvalue weighted by molar-refractivity contribution is -0.127. The zero-order valence-corrected chi connectivity index (χ0v) is 8.92. The molecule has 1 amide bonds. The fourth-order valence-corrected chi connectivity index (χ4v) is 2.01. The maximum Gasteiger partial charge on any atom is 0.224 e. The minimum absolute atomic E-state index is 0.0677. The number of hydrogen-bond acceptors (Lipinski definition) is 4. The first kappa shape index (κ1) is 10.1. The van der Waals surface area contributed by atoms with Gasteiger partial charge in [-0.1, -0.05) is 0 Å². The Morgan fingerprint density at radius 3 is 2.93 bits per heavy atom. The second-order valence-corrected chi connectivity index (χ2v) is 3.75. The topological polar surface area (TPSA) is 77.0 Å². The second-order valence-electron chi connectivity index (χ2n) is 3.75. The predicted octanol–water partition coefficient (Wildman–Crippen LogP) is -0.471. The molecule has 0 unspecified atom stereocenters. The predicted molar refractivity (Wildman–Crippen MR) is 53.8 cm³/mol. The van der Waals surface area contributed by atoms with Gasteiger partial charge in [0.1, 0.15) is 12.4 Å². The van der Waals surface area contributed by atoms with Crippen molar-refractivity contribution >= 4 is 5.91 Å². The van der Waals surface area contributed by atoms with E-state index in [0.29, 0.717) is 6.42 Å². The summed E-state index contributed by atoms with van der Waals surface area (Å²) in [5.41, 5.74) is 5.93. The van der Waals surface area contributed by atoms with E-state index in [1.807, 2.05) is 6.92 Å². The quantitative estimate of drug-likeness (QED) is 0.714.